The van der Waals surface area contributed by atoms with Crippen LogP contribution in [0.5, 0.6) is 0 Å². The molecule has 1 saturated heterocycles. The van der Waals surface area contributed by atoms with Crippen molar-refractivity contribution < 1.29 is 9.18 Å². The van der Waals surface area contributed by atoms with E-state index in [2.05, 4.69) is 0 Å². The van der Waals surface area contributed by atoms with Gasteiger partial charge >= 0.3 is 0 Å². The van der Waals surface area contributed by atoms with E-state index in [9.17, 15) is 9.18 Å². The Morgan fingerprint density at radius 3 is 2.94 bits per heavy atom. The number of para-hydroxylation sites is 1. The van der Waals surface area contributed by atoms with Gasteiger partial charge in [0, 0.05) is 19.6 Å². The molecule has 18 heavy (non-hydrogen) atoms. The Morgan fingerprint density at radius 1 is 1.50 bits per heavy atom. The molecule has 0 bridgehead atoms. The van der Waals surface area contributed by atoms with Gasteiger partial charge in [-0.05, 0) is 24.5 Å². The molecular weight excluding hydrogens is 233 g/mol. The van der Waals surface area contributed by atoms with Crippen LogP contribution in [-0.4, -0.2) is 19.0 Å². The number of halogens is 1. The van der Waals surface area contributed by atoms with Crippen molar-refractivity contribution in [3.8, 4) is 0 Å². The molecule has 0 spiro atoms. The minimum absolute atomic E-state index is 0.205. The quantitative estimate of drug-likeness (QED) is 0.841. The van der Waals surface area contributed by atoms with Crippen LogP contribution in [0.4, 0.5) is 10.1 Å². The first-order valence-corrected chi connectivity index (χ1v) is 6.15. The van der Waals surface area contributed by atoms with Crippen molar-refractivity contribution in [1.82, 2.24) is 0 Å². The zero-order chi connectivity index (χ0) is 13.1. The van der Waals surface area contributed by atoms with Crippen LogP contribution in [0.3, 0.4) is 0 Å². The second-order valence-electron chi connectivity index (χ2n) is 4.64. The van der Waals surface area contributed by atoms with Gasteiger partial charge in [-0.25, -0.2) is 4.39 Å². The maximum Gasteiger partial charge on any atom is 0.222 e. The van der Waals surface area contributed by atoms with Crippen LogP contribution >= 0.6 is 0 Å². The summed E-state index contributed by atoms with van der Waals surface area (Å²) in [7, 11) is 0. The summed E-state index contributed by atoms with van der Waals surface area (Å²) in [4.78, 5) is 13.1. The summed E-state index contributed by atoms with van der Waals surface area (Å²) in [6.45, 7) is 1.49. The second-order valence-corrected chi connectivity index (χ2v) is 4.64. The lowest BCUT2D eigenvalue weighted by molar-refractivity contribution is -0.122. The third-order valence-electron chi connectivity index (χ3n) is 3.43. The summed E-state index contributed by atoms with van der Waals surface area (Å²) in [5.74, 6) is -0.808. The number of nitrogens with two attached hydrogens (primary N) is 2. The first-order valence-electron chi connectivity index (χ1n) is 6.15. The van der Waals surface area contributed by atoms with Gasteiger partial charge in [-0.15, -0.1) is 0 Å². The third-order valence-corrected chi connectivity index (χ3v) is 3.43. The summed E-state index contributed by atoms with van der Waals surface area (Å²) >= 11 is 0. The van der Waals surface area contributed by atoms with Gasteiger partial charge in [0.1, 0.15) is 5.82 Å². The average molecular weight is 251 g/mol. The number of rotatable bonds is 3. The van der Waals surface area contributed by atoms with Crippen molar-refractivity contribution >= 4 is 11.6 Å². The predicted octanol–water partition coefficient (Wildman–Crippen LogP) is 0.986. The van der Waals surface area contributed by atoms with Crippen LogP contribution in [0.2, 0.25) is 0 Å². The molecule has 1 unspecified atom stereocenters. The van der Waals surface area contributed by atoms with E-state index in [4.69, 9.17) is 11.5 Å². The standard InChI is InChI=1S/C13H18FN3O/c14-11-5-1-3-9(7-15)12(11)17-6-2-4-10(8-17)13(16)18/h1,3,5,10H,2,4,6-8,15H2,(H2,16,18). The van der Waals surface area contributed by atoms with Crippen LogP contribution < -0.4 is 16.4 Å². The van der Waals surface area contributed by atoms with E-state index in [1.54, 1.807) is 6.07 Å². The highest BCUT2D eigenvalue weighted by molar-refractivity contribution is 5.77. The number of carbonyl (C=O) groups excluding carboxylic acids is 1. The lowest BCUT2D eigenvalue weighted by Gasteiger charge is -2.34. The van der Waals surface area contributed by atoms with Gasteiger partial charge in [0.15, 0.2) is 0 Å². The van der Waals surface area contributed by atoms with Gasteiger partial charge in [-0.2, -0.15) is 0 Å². The Labute approximate surface area is 106 Å². The van der Waals surface area contributed by atoms with Crippen LogP contribution in [0.15, 0.2) is 18.2 Å². The molecule has 1 aromatic carbocycles. The van der Waals surface area contributed by atoms with Gasteiger partial charge in [0.05, 0.1) is 11.6 Å². The molecule has 1 aromatic rings. The SMILES string of the molecule is NCc1cccc(F)c1N1CCCC(C(N)=O)C1. The lowest BCUT2D eigenvalue weighted by Crippen LogP contribution is -2.42. The first-order chi connectivity index (χ1) is 8.63. The molecule has 0 radical (unpaired) electrons. The van der Waals surface area contributed by atoms with E-state index in [0.717, 1.165) is 24.9 Å². The average Bonchev–Trinajstić information content (AvgIpc) is 2.38. The summed E-state index contributed by atoms with van der Waals surface area (Å²) in [5.41, 5.74) is 12.3. The highest BCUT2D eigenvalue weighted by atomic mass is 19.1. The molecule has 0 saturated carbocycles. The molecule has 1 atom stereocenters. The summed E-state index contributed by atoms with van der Waals surface area (Å²) in [5, 5.41) is 0. The van der Waals surface area contributed by atoms with Crippen LogP contribution in [0, 0.1) is 11.7 Å². The molecule has 98 valence electrons. The molecule has 1 amide bonds. The minimum Gasteiger partial charge on any atom is -0.369 e. The number of benzene rings is 1. The number of piperidine rings is 1. The summed E-state index contributed by atoms with van der Waals surface area (Å²) in [6.07, 6.45) is 1.62. The van der Waals surface area contributed by atoms with E-state index in [0.29, 0.717) is 12.2 Å². The highest BCUT2D eigenvalue weighted by Crippen LogP contribution is 2.28. The van der Waals surface area contributed by atoms with E-state index >= 15 is 0 Å². The maximum atomic E-state index is 13.9. The zero-order valence-electron chi connectivity index (χ0n) is 10.2. The Bertz CT molecular complexity index is 450. The topological polar surface area (TPSA) is 72.3 Å². The van der Waals surface area contributed by atoms with E-state index < -0.39 is 0 Å². The molecule has 4 nitrogen and oxygen atoms in total. The maximum absolute atomic E-state index is 13.9. The molecule has 4 N–H and O–H groups in total. The van der Waals surface area contributed by atoms with Gasteiger partial charge in [-0.3, -0.25) is 4.79 Å². The van der Waals surface area contributed by atoms with Crippen molar-refractivity contribution in [3.63, 3.8) is 0 Å². The van der Waals surface area contributed by atoms with Crippen molar-refractivity contribution in [2.24, 2.45) is 17.4 Å². The van der Waals surface area contributed by atoms with Crippen molar-refractivity contribution in [2.45, 2.75) is 19.4 Å². The molecule has 0 aliphatic carbocycles. The lowest BCUT2D eigenvalue weighted by atomic mass is 9.96. The fourth-order valence-electron chi connectivity index (χ4n) is 2.49. The summed E-state index contributed by atoms with van der Waals surface area (Å²) < 4.78 is 13.9. The van der Waals surface area contributed by atoms with Gasteiger partial charge in [0.2, 0.25) is 5.91 Å². The fraction of sp³-hybridized carbons (Fsp3) is 0.462. The predicted molar refractivity (Wildman–Crippen MR) is 68.4 cm³/mol. The van der Waals surface area contributed by atoms with E-state index in [1.165, 1.54) is 6.07 Å². The third kappa shape index (κ3) is 2.46. The molecule has 2 rings (SSSR count). The van der Waals surface area contributed by atoms with Crippen molar-refractivity contribution in [3.05, 3.63) is 29.6 Å². The Balaban J connectivity index is 2.28. The molecule has 5 heteroatoms. The summed E-state index contributed by atoms with van der Waals surface area (Å²) in [6, 6.07) is 4.88. The molecule has 1 heterocycles. The largest absolute Gasteiger partial charge is 0.369 e. The number of nitrogens with zero attached hydrogens (tertiary/aromatic N) is 1. The van der Waals surface area contributed by atoms with Gasteiger partial charge in [-0.1, -0.05) is 12.1 Å². The van der Waals surface area contributed by atoms with Crippen molar-refractivity contribution in [1.29, 1.82) is 0 Å². The normalized spacial score (nSPS) is 19.9. The Morgan fingerprint density at radius 2 is 2.28 bits per heavy atom. The van der Waals surface area contributed by atoms with E-state index in [-0.39, 0.29) is 24.2 Å². The first kappa shape index (κ1) is 12.8. The van der Waals surface area contributed by atoms with Crippen LogP contribution in [0.25, 0.3) is 0 Å². The van der Waals surface area contributed by atoms with E-state index in [1.807, 2.05) is 11.0 Å². The molecular formula is C13H18FN3O. The molecule has 1 fully saturated rings. The minimum atomic E-state index is -0.315. The second kappa shape index (κ2) is 5.35. The number of carbonyl (C=O) groups is 1. The number of primary amides is 1. The molecule has 1 aliphatic heterocycles. The van der Waals surface area contributed by atoms with Gasteiger partial charge < -0.3 is 16.4 Å². The van der Waals surface area contributed by atoms with Crippen LogP contribution in [-0.2, 0) is 11.3 Å². The highest BCUT2D eigenvalue weighted by Gasteiger charge is 2.26. The van der Waals surface area contributed by atoms with Gasteiger partial charge in [0.25, 0.3) is 0 Å². The van der Waals surface area contributed by atoms with Crippen LogP contribution in [0.1, 0.15) is 18.4 Å². The number of anilines is 1. The zero-order valence-corrected chi connectivity index (χ0v) is 10.2. The Hall–Kier alpha value is -1.62. The number of hydrogen-bond acceptors (Lipinski definition) is 3. The monoisotopic (exact) mass is 251 g/mol. The number of amides is 1. The Kier molecular flexibility index (Phi) is 3.81. The van der Waals surface area contributed by atoms with Crippen molar-refractivity contribution in [2.75, 3.05) is 18.0 Å². The molecule has 1 aliphatic rings. The fourth-order valence-corrected chi connectivity index (χ4v) is 2.49. The number of hydrogen-bond donors (Lipinski definition) is 2. The smallest absolute Gasteiger partial charge is 0.222 e. The molecule has 0 aromatic heterocycles.